The van der Waals surface area contributed by atoms with E-state index in [1.165, 1.54) is 7.11 Å². The monoisotopic (exact) mass is 256 g/mol. The molecule has 0 bridgehead atoms. The normalized spacial score (nSPS) is 25.8. The van der Waals surface area contributed by atoms with Crippen LogP contribution in [0, 0.1) is 5.41 Å². The Morgan fingerprint density at radius 2 is 2.11 bits per heavy atom. The van der Waals surface area contributed by atoms with Crippen LogP contribution in [0.2, 0.25) is 0 Å². The van der Waals surface area contributed by atoms with Crippen LogP contribution in [0.15, 0.2) is 12.2 Å². The van der Waals surface area contributed by atoms with Gasteiger partial charge in [0.05, 0.1) is 31.0 Å². The van der Waals surface area contributed by atoms with Crippen molar-refractivity contribution in [3.8, 4) is 0 Å². The second-order valence-corrected chi connectivity index (χ2v) is 5.96. The molecule has 1 fully saturated rings. The SMILES string of the molecule is C=C(C(=O)OC)[C@@H]1CC[C@H](C[C@H](O)C(C)(C)C)O1. The quantitative estimate of drug-likeness (QED) is 0.618. The Hall–Kier alpha value is -0.870. The van der Waals surface area contributed by atoms with Crippen molar-refractivity contribution in [1.82, 2.24) is 0 Å². The number of aliphatic hydroxyl groups excluding tert-OH is 1. The number of hydrogen-bond donors (Lipinski definition) is 1. The van der Waals surface area contributed by atoms with Crippen LogP contribution in [0.4, 0.5) is 0 Å². The van der Waals surface area contributed by atoms with Gasteiger partial charge in [-0.15, -0.1) is 0 Å². The van der Waals surface area contributed by atoms with Crippen LogP contribution in [-0.4, -0.2) is 36.5 Å². The molecule has 0 aromatic heterocycles. The summed E-state index contributed by atoms with van der Waals surface area (Å²) < 4.78 is 10.4. The Morgan fingerprint density at radius 1 is 1.50 bits per heavy atom. The van der Waals surface area contributed by atoms with Crippen molar-refractivity contribution in [2.45, 2.75) is 58.3 Å². The minimum atomic E-state index is -0.419. The van der Waals surface area contributed by atoms with Crippen molar-refractivity contribution in [3.05, 3.63) is 12.2 Å². The van der Waals surface area contributed by atoms with E-state index in [4.69, 9.17) is 4.74 Å². The van der Waals surface area contributed by atoms with E-state index < -0.39 is 12.1 Å². The number of rotatable bonds is 4. The number of methoxy groups -OCH3 is 1. The molecule has 4 heteroatoms. The molecule has 1 aliphatic heterocycles. The highest BCUT2D eigenvalue weighted by atomic mass is 16.5. The van der Waals surface area contributed by atoms with E-state index in [0.29, 0.717) is 12.0 Å². The zero-order valence-electron chi connectivity index (χ0n) is 11.7. The molecule has 0 unspecified atom stereocenters. The Morgan fingerprint density at radius 3 is 2.61 bits per heavy atom. The van der Waals surface area contributed by atoms with Crippen LogP contribution >= 0.6 is 0 Å². The van der Waals surface area contributed by atoms with Gasteiger partial charge in [-0.25, -0.2) is 4.79 Å². The summed E-state index contributed by atoms with van der Waals surface area (Å²) in [6, 6.07) is 0. The summed E-state index contributed by atoms with van der Waals surface area (Å²) in [7, 11) is 1.34. The van der Waals surface area contributed by atoms with Crippen molar-refractivity contribution >= 4 is 5.97 Å². The second kappa shape index (κ2) is 5.85. The van der Waals surface area contributed by atoms with E-state index in [2.05, 4.69) is 11.3 Å². The molecule has 1 rings (SSSR count). The maximum Gasteiger partial charge on any atom is 0.335 e. The zero-order valence-corrected chi connectivity index (χ0v) is 11.7. The van der Waals surface area contributed by atoms with E-state index in [0.717, 1.165) is 12.8 Å². The molecule has 4 nitrogen and oxygen atoms in total. The predicted octanol–water partition coefficient (Wildman–Crippen LogP) is 2.06. The largest absolute Gasteiger partial charge is 0.466 e. The summed E-state index contributed by atoms with van der Waals surface area (Å²) in [5.74, 6) is -0.419. The molecule has 18 heavy (non-hydrogen) atoms. The lowest BCUT2D eigenvalue weighted by molar-refractivity contribution is -0.137. The molecular weight excluding hydrogens is 232 g/mol. The number of ether oxygens (including phenoxy) is 2. The molecule has 0 spiro atoms. The van der Waals surface area contributed by atoms with E-state index in [-0.39, 0.29) is 17.6 Å². The second-order valence-electron chi connectivity index (χ2n) is 5.96. The van der Waals surface area contributed by atoms with Crippen molar-refractivity contribution in [2.24, 2.45) is 5.41 Å². The van der Waals surface area contributed by atoms with E-state index in [9.17, 15) is 9.90 Å². The highest BCUT2D eigenvalue weighted by Crippen LogP contribution is 2.31. The molecular formula is C14H24O4. The van der Waals surface area contributed by atoms with Gasteiger partial charge in [0.15, 0.2) is 0 Å². The average Bonchev–Trinajstić information content (AvgIpc) is 2.74. The first-order chi connectivity index (χ1) is 8.25. The lowest BCUT2D eigenvalue weighted by Gasteiger charge is -2.28. The lowest BCUT2D eigenvalue weighted by Crippen LogP contribution is -2.30. The summed E-state index contributed by atoms with van der Waals surface area (Å²) in [6.45, 7) is 9.70. The van der Waals surface area contributed by atoms with Crippen LogP contribution < -0.4 is 0 Å². The zero-order chi connectivity index (χ0) is 13.9. The molecule has 1 aliphatic rings. The highest BCUT2D eigenvalue weighted by Gasteiger charge is 2.34. The third-order valence-corrected chi connectivity index (χ3v) is 3.43. The fourth-order valence-electron chi connectivity index (χ4n) is 2.00. The Bertz CT molecular complexity index is 316. The summed E-state index contributed by atoms with van der Waals surface area (Å²) in [5, 5.41) is 10.0. The Kier molecular flexibility index (Phi) is 4.93. The van der Waals surface area contributed by atoms with Gasteiger partial charge in [0.1, 0.15) is 0 Å². The van der Waals surface area contributed by atoms with Crippen LogP contribution in [0.3, 0.4) is 0 Å². The van der Waals surface area contributed by atoms with Crippen molar-refractivity contribution < 1.29 is 19.4 Å². The minimum Gasteiger partial charge on any atom is -0.466 e. The summed E-state index contributed by atoms with van der Waals surface area (Å²) in [6.07, 6.45) is 1.51. The fourth-order valence-corrected chi connectivity index (χ4v) is 2.00. The van der Waals surface area contributed by atoms with Gasteiger partial charge < -0.3 is 14.6 Å². The highest BCUT2D eigenvalue weighted by molar-refractivity contribution is 5.88. The van der Waals surface area contributed by atoms with Gasteiger partial charge in [0, 0.05) is 6.42 Å². The first-order valence-electron chi connectivity index (χ1n) is 6.36. The lowest BCUT2D eigenvalue weighted by atomic mass is 9.85. The van der Waals surface area contributed by atoms with Gasteiger partial charge >= 0.3 is 5.97 Å². The number of aliphatic hydroxyl groups is 1. The van der Waals surface area contributed by atoms with Gasteiger partial charge in [-0.05, 0) is 18.3 Å². The minimum absolute atomic E-state index is 0.00867. The van der Waals surface area contributed by atoms with Gasteiger partial charge in [0.25, 0.3) is 0 Å². The fraction of sp³-hybridized carbons (Fsp3) is 0.786. The maximum atomic E-state index is 11.3. The number of carbonyl (C=O) groups excluding carboxylic acids is 1. The molecule has 0 radical (unpaired) electrons. The van der Waals surface area contributed by atoms with Gasteiger partial charge in [-0.1, -0.05) is 27.4 Å². The molecule has 1 heterocycles. The predicted molar refractivity (Wildman–Crippen MR) is 69.1 cm³/mol. The molecule has 1 N–H and O–H groups in total. The molecule has 0 amide bonds. The first kappa shape index (κ1) is 15.2. The summed E-state index contributed by atoms with van der Waals surface area (Å²) in [5.41, 5.74) is 0.214. The number of hydrogen-bond acceptors (Lipinski definition) is 4. The van der Waals surface area contributed by atoms with E-state index in [1.807, 2.05) is 20.8 Å². The van der Waals surface area contributed by atoms with E-state index >= 15 is 0 Å². The smallest absolute Gasteiger partial charge is 0.335 e. The molecule has 104 valence electrons. The number of carbonyl (C=O) groups is 1. The van der Waals surface area contributed by atoms with Gasteiger partial charge in [0.2, 0.25) is 0 Å². The van der Waals surface area contributed by atoms with Gasteiger partial charge in [-0.3, -0.25) is 0 Å². The molecule has 1 saturated heterocycles. The van der Waals surface area contributed by atoms with Crippen LogP contribution in [-0.2, 0) is 14.3 Å². The third-order valence-electron chi connectivity index (χ3n) is 3.43. The molecule has 0 aromatic rings. The van der Waals surface area contributed by atoms with Crippen LogP contribution in [0.5, 0.6) is 0 Å². The van der Waals surface area contributed by atoms with Crippen molar-refractivity contribution in [3.63, 3.8) is 0 Å². The molecule has 0 aromatic carbocycles. The Balaban J connectivity index is 2.47. The summed E-state index contributed by atoms with van der Waals surface area (Å²) in [4.78, 5) is 11.3. The van der Waals surface area contributed by atoms with Crippen LogP contribution in [0.1, 0.15) is 40.0 Å². The number of esters is 1. The van der Waals surface area contributed by atoms with E-state index in [1.54, 1.807) is 0 Å². The average molecular weight is 256 g/mol. The third kappa shape index (κ3) is 3.82. The molecule has 3 atom stereocenters. The topological polar surface area (TPSA) is 55.8 Å². The Labute approximate surface area is 109 Å². The van der Waals surface area contributed by atoms with Crippen molar-refractivity contribution in [1.29, 1.82) is 0 Å². The molecule has 0 saturated carbocycles. The van der Waals surface area contributed by atoms with Crippen LogP contribution in [0.25, 0.3) is 0 Å². The standard InChI is InChI=1S/C14H24O4/c1-9(13(16)17-5)11-7-6-10(18-11)8-12(15)14(2,3)4/h10-12,15H,1,6-8H2,2-5H3/t10-,11+,12+/m1/s1. The first-order valence-corrected chi connectivity index (χ1v) is 6.36. The molecule has 0 aliphatic carbocycles. The maximum absolute atomic E-state index is 11.3. The van der Waals surface area contributed by atoms with Crippen molar-refractivity contribution in [2.75, 3.05) is 7.11 Å². The van der Waals surface area contributed by atoms with Gasteiger partial charge in [-0.2, -0.15) is 0 Å². The summed E-state index contributed by atoms with van der Waals surface area (Å²) >= 11 is 0.